The maximum absolute atomic E-state index is 12.0. The van der Waals surface area contributed by atoms with Crippen molar-refractivity contribution < 1.29 is 14.3 Å². The quantitative estimate of drug-likeness (QED) is 0.316. The summed E-state index contributed by atoms with van der Waals surface area (Å²) in [5.74, 6) is -0.0292. The molecule has 0 atom stereocenters. The lowest BCUT2D eigenvalue weighted by atomic mass is 10.1. The lowest BCUT2D eigenvalue weighted by Gasteiger charge is -2.09. The molecule has 1 aromatic heterocycles. The molecule has 0 saturated carbocycles. The zero-order valence-electron chi connectivity index (χ0n) is 14.1. The van der Waals surface area contributed by atoms with Crippen molar-refractivity contribution in [2.24, 2.45) is 0 Å². The van der Waals surface area contributed by atoms with E-state index in [1.165, 1.54) is 6.08 Å². The molecule has 0 radical (unpaired) electrons. The Balaban J connectivity index is 2.12. The molecule has 0 N–H and O–H groups in total. The third-order valence-electron chi connectivity index (χ3n) is 3.41. The van der Waals surface area contributed by atoms with Crippen molar-refractivity contribution in [1.82, 2.24) is 4.98 Å². The molecular formula is C20H20N2O3. The van der Waals surface area contributed by atoms with Crippen LogP contribution in [0.3, 0.4) is 0 Å². The van der Waals surface area contributed by atoms with Gasteiger partial charge in [0.05, 0.1) is 6.61 Å². The molecule has 25 heavy (non-hydrogen) atoms. The molecule has 0 amide bonds. The Morgan fingerprint density at radius 2 is 2.12 bits per heavy atom. The third-order valence-corrected chi connectivity index (χ3v) is 3.41. The van der Waals surface area contributed by atoms with Crippen LogP contribution in [0.1, 0.15) is 30.9 Å². The summed E-state index contributed by atoms with van der Waals surface area (Å²) in [6.07, 6.45) is 6.61. The van der Waals surface area contributed by atoms with E-state index in [1.54, 1.807) is 24.5 Å². The van der Waals surface area contributed by atoms with Crippen molar-refractivity contribution >= 4 is 12.0 Å². The van der Waals surface area contributed by atoms with Gasteiger partial charge in [-0.1, -0.05) is 37.6 Å². The fraction of sp³-hybridized carbons (Fsp3) is 0.250. The van der Waals surface area contributed by atoms with E-state index in [1.807, 2.05) is 37.3 Å². The van der Waals surface area contributed by atoms with Crippen molar-refractivity contribution in [3.63, 3.8) is 0 Å². The van der Waals surface area contributed by atoms with E-state index in [0.717, 1.165) is 18.4 Å². The van der Waals surface area contributed by atoms with Crippen LogP contribution in [-0.4, -0.2) is 17.6 Å². The average molecular weight is 336 g/mol. The first-order valence-corrected chi connectivity index (χ1v) is 8.14. The van der Waals surface area contributed by atoms with Gasteiger partial charge in [0.1, 0.15) is 24.0 Å². The number of para-hydroxylation sites is 1. The highest BCUT2D eigenvalue weighted by Gasteiger charge is 2.12. The number of pyridine rings is 1. The van der Waals surface area contributed by atoms with E-state index in [-0.39, 0.29) is 5.57 Å². The van der Waals surface area contributed by atoms with Crippen LogP contribution in [0.25, 0.3) is 6.08 Å². The second-order valence-corrected chi connectivity index (χ2v) is 5.35. The molecule has 2 aromatic rings. The first-order valence-electron chi connectivity index (χ1n) is 8.14. The van der Waals surface area contributed by atoms with Crippen molar-refractivity contribution in [1.29, 1.82) is 5.26 Å². The van der Waals surface area contributed by atoms with Crippen LogP contribution in [0, 0.1) is 11.3 Å². The fourth-order valence-corrected chi connectivity index (χ4v) is 2.06. The number of hydrogen-bond acceptors (Lipinski definition) is 5. The standard InChI is InChI=1S/C20H20N2O3/c1-2-3-11-24-20(23)18(13-21)12-17-8-4-5-9-19(17)25-15-16-7-6-10-22-14-16/h4-10,12,14H,2-3,11,15H2,1H3/b18-12-. The average Bonchev–Trinajstić information content (AvgIpc) is 2.66. The highest BCUT2D eigenvalue weighted by Crippen LogP contribution is 2.22. The Hall–Kier alpha value is -3.13. The topological polar surface area (TPSA) is 72.2 Å². The number of rotatable bonds is 8. The molecule has 0 aliphatic carbocycles. The van der Waals surface area contributed by atoms with Crippen LogP contribution in [0.5, 0.6) is 5.75 Å². The first-order chi connectivity index (χ1) is 12.2. The molecule has 0 aliphatic heterocycles. The molecule has 1 aromatic carbocycles. The number of ether oxygens (including phenoxy) is 2. The van der Waals surface area contributed by atoms with Gasteiger partial charge < -0.3 is 9.47 Å². The predicted octanol–water partition coefficient (Wildman–Crippen LogP) is 3.91. The van der Waals surface area contributed by atoms with Crippen molar-refractivity contribution in [3.8, 4) is 11.8 Å². The van der Waals surface area contributed by atoms with E-state index in [9.17, 15) is 10.1 Å². The monoisotopic (exact) mass is 336 g/mol. The highest BCUT2D eigenvalue weighted by molar-refractivity contribution is 5.98. The van der Waals surface area contributed by atoms with Gasteiger partial charge in [0.15, 0.2) is 0 Å². The fourth-order valence-electron chi connectivity index (χ4n) is 2.06. The van der Waals surface area contributed by atoms with E-state index in [2.05, 4.69) is 4.98 Å². The van der Waals surface area contributed by atoms with E-state index in [4.69, 9.17) is 9.47 Å². The molecule has 0 aliphatic rings. The molecule has 0 unspecified atom stereocenters. The molecule has 1 heterocycles. The number of hydrogen-bond donors (Lipinski definition) is 0. The van der Waals surface area contributed by atoms with Crippen LogP contribution in [-0.2, 0) is 16.1 Å². The summed E-state index contributed by atoms with van der Waals surface area (Å²) < 4.78 is 10.9. The maximum Gasteiger partial charge on any atom is 0.348 e. The van der Waals surface area contributed by atoms with E-state index < -0.39 is 5.97 Å². The Bertz CT molecular complexity index is 764. The Kier molecular flexibility index (Phi) is 7.20. The van der Waals surface area contributed by atoms with Gasteiger partial charge in [-0.3, -0.25) is 4.98 Å². The molecular weight excluding hydrogens is 316 g/mol. The Morgan fingerprint density at radius 3 is 2.84 bits per heavy atom. The molecule has 0 spiro atoms. The molecule has 0 bridgehead atoms. The number of carbonyl (C=O) groups excluding carboxylic acids is 1. The second-order valence-electron chi connectivity index (χ2n) is 5.35. The number of benzene rings is 1. The zero-order chi connectivity index (χ0) is 17.9. The smallest absolute Gasteiger partial charge is 0.348 e. The van der Waals surface area contributed by atoms with Crippen LogP contribution >= 0.6 is 0 Å². The van der Waals surface area contributed by atoms with E-state index >= 15 is 0 Å². The number of esters is 1. The zero-order valence-corrected chi connectivity index (χ0v) is 14.1. The summed E-state index contributed by atoms with van der Waals surface area (Å²) in [5, 5.41) is 9.24. The van der Waals surface area contributed by atoms with Crippen LogP contribution in [0.4, 0.5) is 0 Å². The summed E-state index contributed by atoms with van der Waals surface area (Å²) in [5.41, 5.74) is 1.53. The third kappa shape index (κ3) is 5.78. The first kappa shape index (κ1) is 18.2. The van der Waals surface area contributed by atoms with Gasteiger partial charge in [0.25, 0.3) is 0 Å². The van der Waals surface area contributed by atoms with Crippen LogP contribution in [0.15, 0.2) is 54.4 Å². The molecule has 0 saturated heterocycles. The Labute approximate surface area is 147 Å². The number of carbonyl (C=O) groups is 1. The number of unbranched alkanes of at least 4 members (excludes halogenated alkanes) is 1. The summed E-state index contributed by atoms with van der Waals surface area (Å²) in [6.45, 7) is 2.67. The van der Waals surface area contributed by atoms with Gasteiger partial charge in [-0.2, -0.15) is 5.26 Å². The number of aromatic nitrogens is 1. The normalized spacial score (nSPS) is 10.8. The van der Waals surface area contributed by atoms with E-state index in [0.29, 0.717) is 24.5 Å². The molecule has 0 fully saturated rings. The van der Waals surface area contributed by atoms with Gasteiger partial charge in [-0.15, -0.1) is 0 Å². The SMILES string of the molecule is CCCCOC(=O)/C(C#N)=C\c1ccccc1OCc1cccnc1. The van der Waals surface area contributed by atoms with Gasteiger partial charge in [-0.25, -0.2) is 4.79 Å². The molecule has 128 valence electrons. The van der Waals surface area contributed by atoms with Gasteiger partial charge in [0, 0.05) is 23.5 Å². The van der Waals surface area contributed by atoms with Gasteiger partial charge in [-0.05, 0) is 24.6 Å². The highest BCUT2D eigenvalue weighted by atomic mass is 16.5. The summed E-state index contributed by atoms with van der Waals surface area (Å²) in [7, 11) is 0. The minimum atomic E-state index is -0.613. The lowest BCUT2D eigenvalue weighted by molar-refractivity contribution is -0.138. The largest absolute Gasteiger partial charge is 0.488 e. The number of nitriles is 1. The van der Waals surface area contributed by atoms with Crippen molar-refractivity contribution in [3.05, 3.63) is 65.5 Å². The minimum Gasteiger partial charge on any atom is -0.488 e. The molecule has 5 heteroatoms. The van der Waals surface area contributed by atoms with Crippen LogP contribution < -0.4 is 4.74 Å². The van der Waals surface area contributed by atoms with Crippen molar-refractivity contribution in [2.45, 2.75) is 26.4 Å². The minimum absolute atomic E-state index is 0.0477. The molecule has 2 rings (SSSR count). The predicted molar refractivity (Wildman–Crippen MR) is 94.5 cm³/mol. The van der Waals surface area contributed by atoms with Gasteiger partial charge in [0.2, 0.25) is 0 Å². The van der Waals surface area contributed by atoms with Gasteiger partial charge >= 0.3 is 5.97 Å². The maximum atomic E-state index is 12.0. The summed E-state index contributed by atoms with van der Waals surface area (Å²) in [6, 6.07) is 12.9. The van der Waals surface area contributed by atoms with Crippen molar-refractivity contribution in [2.75, 3.05) is 6.61 Å². The molecule has 5 nitrogen and oxygen atoms in total. The lowest BCUT2D eigenvalue weighted by Crippen LogP contribution is -2.08. The second kappa shape index (κ2) is 9.89. The van der Waals surface area contributed by atoms with Crippen LogP contribution in [0.2, 0.25) is 0 Å². The summed E-state index contributed by atoms with van der Waals surface area (Å²) >= 11 is 0. The number of nitrogens with zero attached hydrogens (tertiary/aromatic N) is 2. The summed E-state index contributed by atoms with van der Waals surface area (Å²) in [4.78, 5) is 16.0. The Morgan fingerprint density at radius 1 is 1.28 bits per heavy atom.